The zero-order valence-electron chi connectivity index (χ0n) is 14.3. The molecule has 0 fully saturated rings. The quantitative estimate of drug-likeness (QED) is 0.586. The van der Waals surface area contributed by atoms with Crippen molar-refractivity contribution in [2.45, 2.75) is 0 Å². The van der Waals surface area contributed by atoms with Gasteiger partial charge in [0.1, 0.15) is 29.7 Å². The Balaban J connectivity index is 1.87. The average Bonchev–Trinajstić information content (AvgIpc) is 2.66. The number of hydrogen-bond donors (Lipinski definition) is 1. The van der Waals surface area contributed by atoms with Crippen molar-refractivity contribution >= 4 is 40.9 Å². The van der Waals surface area contributed by atoms with Crippen molar-refractivity contribution in [3.05, 3.63) is 69.2 Å². The maximum atomic E-state index is 12.5. The normalized spacial score (nSPS) is 13.0. The van der Waals surface area contributed by atoms with E-state index in [2.05, 4.69) is 5.32 Å². The van der Waals surface area contributed by atoms with Crippen LogP contribution in [0.5, 0.6) is 11.5 Å². The fourth-order valence-electron chi connectivity index (χ4n) is 2.59. The van der Waals surface area contributed by atoms with E-state index in [4.69, 9.17) is 32.7 Å². The zero-order chi connectivity index (χ0) is 19.4. The number of benzene rings is 2. The summed E-state index contributed by atoms with van der Waals surface area (Å²) < 4.78 is 10.8. The third-order valence-electron chi connectivity index (χ3n) is 3.81. The largest absolute Gasteiger partial charge is 0.495 e. The lowest BCUT2D eigenvalue weighted by atomic mass is 10.0. The monoisotopic (exact) mass is 400 g/mol. The maximum Gasteiger partial charge on any atom is 0.266 e. The first-order chi connectivity index (χ1) is 13.0. The minimum Gasteiger partial charge on any atom is -0.495 e. The molecule has 0 aromatic heterocycles. The summed E-state index contributed by atoms with van der Waals surface area (Å²) in [6.07, 6.45) is 3.26. The third kappa shape index (κ3) is 4.25. The number of ether oxygens (including phenoxy) is 2. The molecule has 0 spiro atoms. The highest BCUT2D eigenvalue weighted by molar-refractivity contribution is 6.36. The molecule has 3 rings (SSSR count). The number of nitrogens with one attached hydrogen (secondary N) is 1. The number of fused-ring (bicyclic) bond motifs is 1. The highest BCUT2D eigenvalue weighted by atomic mass is 35.5. The van der Waals surface area contributed by atoms with E-state index in [1.54, 1.807) is 42.5 Å². The third-order valence-corrected chi connectivity index (χ3v) is 4.31. The molecule has 0 aliphatic carbocycles. The lowest BCUT2D eigenvalue weighted by molar-refractivity contribution is -0.112. The Hall–Kier alpha value is -2.94. The van der Waals surface area contributed by atoms with Gasteiger partial charge in [-0.05, 0) is 42.0 Å². The Kier molecular flexibility index (Phi) is 5.70. The second kappa shape index (κ2) is 8.17. The molecule has 0 radical (unpaired) electrons. The number of anilines is 1. The summed E-state index contributed by atoms with van der Waals surface area (Å²) in [5.74, 6) is 0.481. The van der Waals surface area contributed by atoms with Gasteiger partial charge in [-0.3, -0.25) is 4.79 Å². The van der Waals surface area contributed by atoms with Gasteiger partial charge in [0.15, 0.2) is 0 Å². The van der Waals surface area contributed by atoms with Crippen LogP contribution in [-0.4, -0.2) is 19.6 Å². The van der Waals surface area contributed by atoms with Gasteiger partial charge in [0.25, 0.3) is 5.91 Å². The summed E-state index contributed by atoms with van der Waals surface area (Å²) in [5.41, 5.74) is 1.75. The van der Waals surface area contributed by atoms with E-state index in [0.29, 0.717) is 38.4 Å². The standard InChI is InChI=1S/C20H14Cl2N2O3/c1-26-18-5-3-2-4-17(18)24-20(25)14(10-23)7-12-6-13-8-15(21)9-16(22)19(13)27-11-12/h2-9H,11H2,1H3,(H,24,25)/b14-7-. The second-order valence-electron chi connectivity index (χ2n) is 5.64. The van der Waals surface area contributed by atoms with E-state index in [1.807, 2.05) is 6.07 Å². The van der Waals surface area contributed by atoms with Crippen molar-refractivity contribution < 1.29 is 14.3 Å². The number of para-hydroxylation sites is 2. The zero-order valence-corrected chi connectivity index (χ0v) is 15.8. The molecule has 1 aliphatic rings. The SMILES string of the molecule is COc1ccccc1NC(=O)/C(C#N)=C\C1=Cc2cc(Cl)cc(Cl)c2OC1. The highest BCUT2D eigenvalue weighted by Gasteiger charge is 2.17. The van der Waals surface area contributed by atoms with E-state index in [-0.39, 0.29) is 12.2 Å². The first-order valence-electron chi connectivity index (χ1n) is 7.90. The number of nitriles is 1. The van der Waals surface area contributed by atoms with Crippen LogP contribution in [0, 0.1) is 11.3 Å². The Morgan fingerprint density at radius 2 is 2.11 bits per heavy atom. The molecule has 1 N–H and O–H groups in total. The van der Waals surface area contributed by atoms with Crippen LogP contribution in [0.2, 0.25) is 10.0 Å². The van der Waals surface area contributed by atoms with Crippen LogP contribution in [0.1, 0.15) is 5.56 Å². The number of methoxy groups -OCH3 is 1. The van der Waals surface area contributed by atoms with Crippen molar-refractivity contribution in [3.8, 4) is 17.6 Å². The lowest BCUT2D eigenvalue weighted by Gasteiger charge is -2.18. The summed E-state index contributed by atoms with van der Waals surface area (Å²) in [7, 11) is 1.50. The van der Waals surface area contributed by atoms with Crippen molar-refractivity contribution in [1.82, 2.24) is 0 Å². The van der Waals surface area contributed by atoms with E-state index in [9.17, 15) is 10.1 Å². The molecule has 2 aromatic carbocycles. The minimum atomic E-state index is -0.544. The summed E-state index contributed by atoms with van der Waals surface area (Å²) in [4.78, 5) is 12.5. The fourth-order valence-corrected chi connectivity index (χ4v) is 3.16. The topological polar surface area (TPSA) is 71.3 Å². The summed E-state index contributed by atoms with van der Waals surface area (Å²) in [5, 5.41) is 12.9. The van der Waals surface area contributed by atoms with Crippen LogP contribution in [0.15, 0.2) is 53.6 Å². The molecule has 2 aromatic rings. The van der Waals surface area contributed by atoms with Crippen molar-refractivity contribution in [1.29, 1.82) is 5.26 Å². The van der Waals surface area contributed by atoms with Crippen LogP contribution < -0.4 is 14.8 Å². The second-order valence-corrected chi connectivity index (χ2v) is 6.48. The number of nitrogens with zero attached hydrogens (tertiary/aromatic N) is 1. The van der Waals surface area contributed by atoms with Gasteiger partial charge in [-0.25, -0.2) is 0 Å². The molecule has 0 saturated carbocycles. The van der Waals surface area contributed by atoms with Crippen LogP contribution in [0.3, 0.4) is 0 Å². The van der Waals surface area contributed by atoms with Crippen molar-refractivity contribution in [3.63, 3.8) is 0 Å². The molecule has 0 bridgehead atoms. The number of hydrogen-bond acceptors (Lipinski definition) is 4. The Morgan fingerprint density at radius 1 is 1.33 bits per heavy atom. The Labute approximate surface area is 166 Å². The molecule has 7 heteroatoms. The van der Waals surface area contributed by atoms with Gasteiger partial charge in [0.2, 0.25) is 0 Å². The number of rotatable bonds is 4. The molecular formula is C20H14Cl2N2O3. The molecule has 0 saturated heterocycles. The predicted molar refractivity (Wildman–Crippen MR) is 105 cm³/mol. The molecular weight excluding hydrogens is 387 g/mol. The maximum absolute atomic E-state index is 12.5. The van der Waals surface area contributed by atoms with Gasteiger partial charge in [0.05, 0.1) is 17.8 Å². The molecule has 0 atom stereocenters. The first kappa shape index (κ1) is 18.8. The molecule has 1 aliphatic heterocycles. The van der Waals surface area contributed by atoms with E-state index in [0.717, 1.165) is 0 Å². The predicted octanol–water partition coefficient (Wildman–Crippen LogP) is 4.87. The number of carbonyl (C=O) groups is 1. The summed E-state index contributed by atoms with van der Waals surface area (Å²) >= 11 is 12.1. The highest BCUT2D eigenvalue weighted by Crippen LogP contribution is 2.36. The fraction of sp³-hybridized carbons (Fsp3) is 0.100. The van der Waals surface area contributed by atoms with Crippen molar-refractivity contribution in [2.75, 3.05) is 19.0 Å². The number of carbonyl (C=O) groups excluding carboxylic acids is 1. The molecule has 1 amide bonds. The molecule has 136 valence electrons. The van der Waals surface area contributed by atoms with Crippen LogP contribution >= 0.6 is 23.2 Å². The molecule has 5 nitrogen and oxygen atoms in total. The van der Waals surface area contributed by atoms with E-state index >= 15 is 0 Å². The van der Waals surface area contributed by atoms with Crippen LogP contribution in [0.4, 0.5) is 5.69 Å². The van der Waals surface area contributed by atoms with Gasteiger partial charge in [-0.2, -0.15) is 5.26 Å². The molecule has 0 unspecified atom stereocenters. The average molecular weight is 401 g/mol. The van der Waals surface area contributed by atoms with Crippen LogP contribution in [0.25, 0.3) is 6.08 Å². The number of amides is 1. The summed E-state index contributed by atoms with van der Waals surface area (Å²) in [6.45, 7) is 0.182. The number of halogens is 2. The minimum absolute atomic E-state index is 0.0627. The van der Waals surface area contributed by atoms with Gasteiger partial charge < -0.3 is 14.8 Å². The van der Waals surface area contributed by atoms with Crippen LogP contribution in [-0.2, 0) is 4.79 Å². The van der Waals surface area contributed by atoms with E-state index < -0.39 is 5.91 Å². The van der Waals surface area contributed by atoms with E-state index in [1.165, 1.54) is 13.2 Å². The van der Waals surface area contributed by atoms with Gasteiger partial charge >= 0.3 is 0 Å². The lowest BCUT2D eigenvalue weighted by Crippen LogP contribution is -2.15. The smallest absolute Gasteiger partial charge is 0.266 e. The van der Waals surface area contributed by atoms with Gasteiger partial charge in [0, 0.05) is 10.6 Å². The molecule has 1 heterocycles. The summed E-state index contributed by atoms with van der Waals surface area (Å²) in [6, 6.07) is 12.2. The molecule has 27 heavy (non-hydrogen) atoms. The Bertz CT molecular complexity index is 1010. The van der Waals surface area contributed by atoms with Gasteiger partial charge in [-0.15, -0.1) is 0 Å². The van der Waals surface area contributed by atoms with Gasteiger partial charge in [-0.1, -0.05) is 35.3 Å². The Morgan fingerprint density at radius 3 is 2.85 bits per heavy atom. The van der Waals surface area contributed by atoms with Crippen molar-refractivity contribution in [2.24, 2.45) is 0 Å². The first-order valence-corrected chi connectivity index (χ1v) is 8.66.